The highest BCUT2D eigenvalue weighted by Gasteiger charge is 2.25. The van der Waals surface area contributed by atoms with E-state index in [1.54, 1.807) is 12.1 Å². The molecular formula is C26H37N3O2. The Morgan fingerprint density at radius 2 is 1.94 bits per heavy atom. The van der Waals surface area contributed by atoms with E-state index in [1.807, 2.05) is 13.8 Å². The van der Waals surface area contributed by atoms with E-state index in [0.717, 1.165) is 47.3 Å². The summed E-state index contributed by atoms with van der Waals surface area (Å²) in [6.45, 7) is 6.95. The van der Waals surface area contributed by atoms with Crippen molar-refractivity contribution in [2.45, 2.75) is 77.8 Å². The van der Waals surface area contributed by atoms with E-state index < -0.39 is 6.04 Å². The van der Waals surface area contributed by atoms with Crippen LogP contribution in [-0.4, -0.2) is 23.6 Å². The summed E-state index contributed by atoms with van der Waals surface area (Å²) in [6.07, 6.45) is 7.37. The predicted molar refractivity (Wildman–Crippen MR) is 128 cm³/mol. The molecule has 2 aromatic carbocycles. The summed E-state index contributed by atoms with van der Waals surface area (Å²) in [5.41, 5.74) is 12.8. The maximum Gasteiger partial charge on any atom is 0.237 e. The van der Waals surface area contributed by atoms with Crippen LogP contribution in [0.15, 0.2) is 30.3 Å². The van der Waals surface area contributed by atoms with Gasteiger partial charge in [0.05, 0.1) is 12.1 Å². The fourth-order valence-electron chi connectivity index (χ4n) is 4.51. The summed E-state index contributed by atoms with van der Waals surface area (Å²) in [7, 11) is 0. The van der Waals surface area contributed by atoms with Crippen LogP contribution in [0.25, 0.3) is 0 Å². The molecule has 0 bridgehead atoms. The van der Waals surface area contributed by atoms with E-state index in [0.29, 0.717) is 6.42 Å². The van der Waals surface area contributed by atoms with Crippen molar-refractivity contribution in [3.05, 3.63) is 58.1 Å². The quantitative estimate of drug-likeness (QED) is 0.441. The van der Waals surface area contributed by atoms with Crippen molar-refractivity contribution in [1.82, 2.24) is 5.32 Å². The highest BCUT2D eigenvalue weighted by Crippen LogP contribution is 2.31. The third-order valence-electron chi connectivity index (χ3n) is 6.32. The monoisotopic (exact) mass is 423 g/mol. The third kappa shape index (κ3) is 6.01. The molecule has 2 unspecified atom stereocenters. The van der Waals surface area contributed by atoms with Crippen LogP contribution >= 0.6 is 0 Å². The van der Waals surface area contributed by atoms with Crippen LogP contribution in [0.1, 0.15) is 72.9 Å². The van der Waals surface area contributed by atoms with Crippen LogP contribution in [0.4, 0.5) is 5.69 Å². The van der Waals surface area contributed by atoms with Crippen LogP contribution in [-0.2, 0) is 17.6 Å². The Morgan fingerprint density at radius 3 is 2.65 bits per heavy atom. The molecule has 1 heterocycles. The summed E-state index contributed by atoms with van der Waals surface area (Å²) in [5, 5.41) is 16.4. The molecular weight excluding hydrogens is 386 g/mol. The Kier molecular flexibility index (Phi) is 7.97. The molecule has 2 aromatic rings. The third-order valence-corrected chi connectivity index (χ3v) is 6.32. The fourth-order valence-corrected chi connectivity index (χ4v) is 4.51. The minimum atomic E-state index is -0.627. The molecule has 5 nitrogen and oxygen atoms in total. The average molecular weight is 424 g/mol. The van der Waals surface area contributed by atoms with Gasteiger partial charge < -0.3 is 21.5 Å². The number of carbonyl (C=O) groups excluding carboxylic acids is 1. The first kappa shape index (κ1) is 23.1. The number of nitrogens with two attached hydrogens (primary N) is 1. The SMILES string of the molecule is CCCCCCc1ccc2c(c1)C(NC(=O)C(N)Cc1c(C)cc(O)cc1C)CCN2. The van der Waals surface area contributed by atoms with Crippen molar-refractivity contribution < 1.29 is 9.90 Å². The standard InChI is InChI=1S/C26H37N3O2/c1-4-5-6-7-8-19-9-10-24-22(15-19)25(11-12-28-24)29-26(31)23(27)16-21-17(2)13-20(30)14-18(21)3/h9-10,13-15,23,25,28,30H,4-8,11-12,16,27H2,1-3H3,(H,29,31). The van der Waals surface area contributed by atoms with Crippen LogP contribution in [0.5, 0.6) is 5.75 Å². The number of nitrogens with one attached hydrogen (secondary N) is 2. The van der Waals surface area contributed by atoms with Gasteiger partial charge in [0.2, 0.25) is 5.91 Å². The molecule has 168 valence electrons. The lowest BCUT2D eigenvalue weighted by atomic mass is 9.93. The lowest BCUT2D eigenvalue weighted by molar-refractivity contribution is -0.123. The molecule has 1 aliphatic rings. The molecule has 0 spiro atoms. The van der Waals surface area contributed by atoms with Crippen molar-refractivity contribution in [3.8, 4) is 5.75 Å². The molecule has 0 fully saturated rings. The van der Waals surface area contributed by atoms with Crippen molar-refractivity contribution >= 4 is 11.6 Å². The average Bonchev–Trinajstić information content (AvgIpc) is 2.74. The Hall–Kier alpha value is -2.53. The number of hydrogen-bond acceptors (Lipinski definition) is 4. The van der Waals surface area contributed by atoms with Gasteiger partial charge in [-0.3, -0.25) is 4.79 Å². The number of aromatic hydroxyl groups is 1. The van der Waals surface area contributed by atoms with Gasteiger partial charge in [-0.05, 0) is 85.5 Å². The second-order valence-corrected chi connectivity index (χ2v) is 8.88. The molecule has 0 aliphatic carbocycles. The van der Waals surface area contributed by atoms with Gasteiger partial charge in [-0.1, -0.05) is 38.3 Å². The van der Waals surface area contributed by atoms with Gasteiger partial charge in [0.1, 0.15) is 5.75 Å². The van der Waals surface area contributed by atoms with Gasteiger partial charge in [0, 0.05) is 12.2 Å². The van der Waals surface area contributed by atoms with Crippen LogP contribution in [0, 0.1) is 13.8 Å². The van der Waals surface area contributed by atoms with E-state index in [1.165, 1.54) is 31.2 Å². The lowest BCUT2D eigenvalue weighted by Crippen LogP contribution is -2.44. The predicted octanol–water partition coefficient (Wildman–Crippen LogP) is 4.67. The lowest BCUT2D eigenvalue weighted by Gasteiger charge is -2.29. The normalized spacial score (nSPS) is 16.3. The van der Waals surface area contributed by atoms with Gasteiger partial charge in [-0.15, -0.1) is 0 Å². The molecule has 2 atom stereocenters. The zero-order valence-corrected chi connectivity index (χ0v) is 19.1. The number of benzene rings is 2. The van der Waals surface area contributed by atoms with Crippen molar-refractivity contribution in [1.29, 1.82) is 0 Å². The number of anilines is 1. The summed E-state index contributed by atoms with van der Waals surface area (Å²) >= 11 is 0. The van der Waals surface area contributed by atoms with E-state index in [2.05, 4.69) is 35.8 Å². The first-order chi connectivity index (χ1) is 14.9. The van der Waals surface area contributed by atoms with Gasteiger partial charge in [0.25, 0.3) is 0 Å². The van der Waals surface area contributed by atoms with Crippen LogP contribution in [0.3, 0.4) is 0 Å². The van der Waals surface area contributed by atoms with E-state index in [9.17, 15) is 9.90 Å². The number of fused-ring (bicyclic) bond motifs is 1. The van der Waals surface area contributed by atoms with E-state index in [-0.39, 0.29) is 17.7 Å². The second kappa shape index (κ2) is 10.7. The topological polar surface area (TPSA) is 87.4 Å². The first-order valence-electron chi connectivity index (χ1n) is 11.6. The number of hydrogen-bond donors (Lipinski definition) is 4. The smallest absolute Gasteiger partial charge is 0.237 e. The van der Waals surface area contributed by atoms with E-state index >= 15 is 0 Å². The van der Waals surface area contributed by atoms with Crippen LogP contribution in [0.2, 0.25) is 0 Å². The molecule has 0 saturated heterocycles. The summed E-state index contributed by atoms with van der Waals surface area (Å²) in [5.74, 6) is 0.117. The van der Waals surface area contributed by atoms with Crippen molar-refractivity contribution in [2.24, 2.45) is 5.73 Å². The molecule has 31 heavy (non-hydrogen) atoms. The minimum absolute atomic E-state index is 0.0209. The molecule has 5 N–H and O–H groups in total. The zero-order valence-electron chi connectivity index (χ0n) is 19.1. The molecule has 5 heteroatoms. The Morgan fingerprint density at radius 1 is 1.19 bits per heavy atom. The molecule has 0 saturated carbocycles. The highest BCUT2D eigenvalue weighted by molar-refractivity contribution is 5.82. The Balaban J connectivity index is 1.67. The molecule has 3 rings (SSSR count). The largest absolute Gasteiger partial charge is 0.508 e. The Bertz CT molecular complexity index is 887. The van der Waals surface area contributed by atoms with E-state index in [4.69, 9.17) is 5.73 Å². The van der Waals surface area contributed by atoms with Gasteiger partial charge in [-0.25, -0.2) is 0 Å². The number of amides is 1. The van der Waals surface area contributed by atoms with Crippen molar-refractivity contribution in [2.75, 3.05) is 11.9 Å². The zero-order chi connectivity index (χ0) is 22.4. The minimum Gasteiger partial charge on any atom is -0.508 e. The van der Waals surface area contributed by atoms with Gasteiger partial charge in [-0.2, -0.15) is 0 Å². The number of phenols is 1. The number of unbranched alkanes of at least 4 members (excludes halogenated alkanes) is 3. The molecule has 1 amide bonds. The van der Waals surface area contributed by atoms with Gasteiger partial charge in [0.15, 0.2) is 0 Å². The summed E-state index contributed by atoms with van der Waals surface area (Å²) < 4.78 is 0. The number of carbonyl (C=O) groups is 1. The summed E-state index contributed by atoms with van der Waals surface area (Å²) in [4.78, 5) is 12.9. The summed E-state index contributed by atoms with van der Waals surface area (Å²) in [6, 6.07) is 9.38. The highest BCUT2D eigenvalue weighted by atomic mass is 16.3. The first-order valence-corrected chi connectivity index (χ1v) is 11.6. The second-order valence-electron chi connectivity index (χ2n) is 8.88. The van der Waals surface area contributed by atoms with Crippen LogP contribution < -0.4 is 16.4 Å². The molecule has 0 aromatic heterocycles. The molecule has 1 aliphatic heterocycles. The number of rotatable bonds is 9. The fraction of sp³-hybridized carbons (Fsp3) is 0.500. The van der Waals surface area contributed by atoms with Gasteiger partial charge >= 0.3 is 0 Å². The number of aryl methyl sites for hydroxylation is 3. The maximum absolute atomic E-state index is 12.9. The maximum atomic E-state index is 12.9. The number of phenolic OH excluding ortho intramolecular Hbond substituents is 1. The Labute approximate surface area is 186 Å². The van der Waals surface area contributed by atoms with Crippen molar-refractivity contribution in [3.63, 3.8) is 0 Å². The molecule has 0 radical (unpaired) electrons.